The number of carboxylic acid groups (broad SMARTS) is 1. The van der Waals surface area contributed by atoms with Gasteiger partial charge in [-0.15, -0.1) is 0 Å². The van der Waals surface area contributed by atoms with Crippen molar-refractivity contribution in [1.29, 1.82) is 0 Å². The van der Waals surface area contributed by atoms with E-state index in [0.29, 0.717) is 13.2 Å². The summed E-state index contributed by atoms with van der Waals surface area (Å²) in [7, 11) is 0. The predicted molar refractivity (Wildman–Crippen MR) is 47.6 cm³/mol. The minimum atomic E-state index is -1.21. The molecule has 1 aliphatic heterocycles. The molecule has 15 heavy (non-hydrogen) atoms. The van der Waals surface area contributed by atoms with Gasteiger partial charge < -0.3 is 20.1 Å². The van der Waals surface area contributed by atoms with Gasteiger partial charge in [0.1, 0.15) is 0 Å². The number of amides is 1. The lowest BCUT2D eigenvalue weighted by atomic mass is 10.2. The van der Waals surface area contributed by atoms with Crippen LogP contribution in [0.15, 0.2) is 6.33 Å². The van der Waals surface area contributed by atoms with Crippen LogP contribution in [0.5, 0.6) is 0 Å². The molecule has 0 bridgehead atoms. The van der Waals surface area contributed by atoms with Gasteiger partial charge in [-0.2, -0.15) is 0 Å². The number of carbonyl (C=O) groups is 2. The molecule has 1 aromatic rings. The number of rotatable bonds is 3. The Morgan fingerprint density at radius 3 is 2.87 bits per heavy atom. The highest BCUT2D eigenvalue weighted by molar-refractivity contribution is 6.02. The highest BCUT2D eigenvalue weighted by Crippen LogP contribution is 2.05. The average molecular weight is 211 g/mol. The zero-order chi connectivity index (χ0) is 10.8. The molecule has 2 heterocycles. The number of carboxylic acids is 1. The number of aromatic nitrogens is 2. The Kier molecular flexibility index (Phi) is 2.38. The second-order valence-corrected chi connectivity index (χ2v) is 3.14. The lowest BCUT2D eigenvalue weighted by molar-refractivity contribution is -0.00357. The van der Waals surface area contributed by atoms with E-state index in [9.17, 15) is 9.59 Å². The van der Waals surface area contributed by atoms with E-state index in [-0.39, 0.29) is 17.4 Å². The highest BCUT2D eigenvalue weighted by atomic mass is 16.5. The standard InChI is InChI=1S/C8H9N3O4/c12-7(11-4-1-15-2-4)5-6(8(13)14)10-3-9-5/h3-4H,1-2H2,(H,9,10)(H,11,12)(H,13,14). The summed E-state index contributed by atoms with van der Waals surface area (Å²) in [5.74, 6) is -1.70. The van der Waals surface area contributed by atoms with Crippen LogP contribution in [0.4, 0.5) is 0 Å². The average Bonchev–Trinajstić information content (AvgIpc) is 2.59. The van der Waals surface area contributed by atoms with Crippen LogP contribution in [0.3, 0.4) is 0 Å². The number of nitrogens with one attached hydrogen (secondary N) is 2. The van der Waals surface area contributed by atoms with Gasteiger partial charge in [-0.05, 0) is 0 Å². The monoisotopic (exact) mass is 211 g/mol. The predicted octanol–water partition coefficient (Wildman–Crippen LogP) is -0.764. The zero-order valence-corrected chi connectivity index (χ0v) is 7.69. The molecule has 0 aromatic carbocycles. The van der Waals surface area contributed by atoms with Crippen LogP contribution < -0.4 is 5.32 Å². The van der Waals surface area contributed by atoms with E-state index < -0.39 is 11.9 Å². The molecule has 1 saturated heterocycles. The first-order chi connectivity index (χ1) is 7.18. The molecule has 0 radical (unpaired) electrons. The highest BCUT2D eigenvalue weighted by Gasteiger charge is 2.25. The van der Waals surface area contributed by atoms with Crippen molar-refractivity contribution in [3.05, 3.63) is 17.7 Å². The molecule has 3 N–H and O–H groups in total. The van der Waals surface area contributed by atoms with E-state index in [0.717, 1.165) is 0 Å². The van der Waals surface area contributed by atoms with Crippen LogP contribution in [0.1, 0.15) is 21.0 Å². The van der Waals surface area contributed by atoms with Gasteiger partial charge in [0.25, 0.3) is 5.91 Å². The Morgan fingerprint density at radius 2 is 2.33 bits per heavy atom. The van der Waals surface area contributed by atoms with Crippen molar-refractivity contribution in [2.24, 2.45) is 0 Å². The molecule has 0 aliphatic carbocycles. The smallest absolute Gasteiger partial charge is 0.354 e. The van der Waals surface area contributed by atoms with Crippen LogP contribution in [-0.4, -0.2) is 46.2 Å². The van der Waals surface area contributed by atoms with Crippen LogP contribution in [0, 0.1) is 0 Å². The minimum Gasteiger partial charge on any atom is -0.477 e. The Hall–Kier alpha value is -1.89. The van der Waals surface area contributed by atoms with E-state index >= 15 is 0 Å². The lowest BCUT2D eigenvalue weighted by Crippen LogP contribution is -2.48. The van der Waals surface area contributed by atoms with Crippen LogP contribution in [-0.2, 0) is 4.74 Å². The fraction of sp³-hybridized carbons (Fsp3) is 0.375. The number of carbonyl (C=O) groups excluding carboxylic acids is 1. The maximum absolute atomic E-state index is 11.5. The maximum atomic E-state index is 11.5. The Bertz CT molecular complexity index is 396. The van der Waals surface area contributed by atoms with Gasteiger partial charge >= 0.3 is 5.97 Å². The summed E-state index contributed by atoms with van der Waals surface area (Å²) < 4.78 is 4.87. The van der Waals surface area contributed by atoms with E-state index in [2.05, 4.69) is 15.3 Å². The molecule has 0 saturated carbocycles. The Morgan fingerprint density at radius 1 is 1.60 bits per heavy atom. The fourth-order valence-corrected chi connectivity index (χ4v) is 1.20. The van der Waals surface area contributed by atoms with Gasteiger partial charge in [0, 0.05) is 0 Å². The van der Waals surface area contributed by atoms with Gasteiger partial charge in [0.2, 0.25) is 0 Å². The van der Waals surface area contributed by atoms with Crippen LogP contribution in [0.2, 0.25) is 0 Å². The van der Waals surface area contributed by atoms with Gasteiger partial charge in [-0.25, -0.2) is 9.78 Å². The quantitative estimate of drug-likeness (QED) is 0.609. The van der Waals surface area contributed by atoms with Gasteiger partial charge in [-0.1, -0.05) is 0 Å². The lowest BCUT2D eigenvalue weighted by Gasteiger charge is -2.26. The van der Waals surface area contributed by atoms with Gasteiger partial charge in [0.15, 0.2) is 11.4 Å². The van der Waals surface area contributed by atoms with Crippen LogP contribution >= 0.6 is 0 Å². The minimum absolute atomic E-state index is 0.0455. The number of aromatic amines is 1. The molecule has 0 unspecified atom stereocenters. The van der Waals surface area contributed by atoms with Crippen molar-refractivity contribution in [2.45, 2.75) is 6.04 Å². The summed E-state index contributed by atoms with van der Waals surface area (Å²) in [5, 5.41) is 11.3. The maximum Gasteiger partial charge on any atom is 0.354 e. The van der Waals surface area contributed by atoms with Crippen LogP contribution in [0.25, 0.3) is 0 Å². The summed E-state index contributed by atoms with van der Waals surface area (Å²) in [6.07, 6.45) is 1.18. The van der Waals surface area contributed by atoms with E-state index in [4.69, 9.17) is 9.84 Å². The summed E-state index contributed by atoms with van der Waals surface area (Å²) in [4.78, 5) is 28.3. The molecule has 1 aliphatic rings. The van der Waals surface area contributed by atoms with E-state index in [1.165, 1.54) is 6.33 Å². The normalized spacial score (nSPS) is 15.7. The van der Waals surface area contributed by atoms with Crippen molar-refractivity contribution in [3.63, 3.8) is 0 Å². The van der Waals surface area contributed by atoms with Gasteiger partial charge in [0.05, 0.1) is 25.6 Å². The van der Waals surface area contributed by atoms with Crippen molar-refractivity contribution in [3.8, 4) is 0 Å². The van der Waals surface area contributed by atoms with Crippen molar-refractivity contribution >= 4 is 11.9 Å². The first-order valence-corrected chi connectivity index (χ1v) is 4.33. The molecule has 1 amide bonds. The molecular weight excluding hydrogens is 202 g/mol. The first kappa shape index (κ1) is 9.66. The molecule has 7 heteroatoms. The third-order valence-electron chi connectivity index (χ3n) is 2.04. The largest absolute Gasteiger partial charge is 0.477 e. The summed E-state index contributed by atoms with van der Waals surface area (Å²) in [6.45, 7) is 0.914. The number of hydrogen-bond donors (Lipinski definition) is 3. The molecule has 0 atom stereocenters. The van der Waals surface area contributed by atoms with Crippen molar-refractivity contribution in [1.82, 2.24) is 15.3 Å². The second-order valence-electron chi connectivity index (χ2n) is 3.14. The van der Waals surface area contributed by atoms with Gasteiger partial charge in [-0.3, -0.25) is 4.79 Å². The molecule has 80 valence electrons. The molecule has 1 fully saturated rings. The molecule has 2 rings (SSSR count). The first-order valence-electron chi connectivity index (χ1n) is 4.33. The molecule has 7 nitrogen and oxygen atoms in total. The number of hydrogen-bond acceptors (Lipinski definition) is 4. The number of nitrogens with zero attached hydrogens (tertiary/aromatic N) is 1. The van der Waals surface area contributed by atoms with E-state index in [1.54, 1.807) is 0 Å². The summed E-state index contributed by atoms with van der Waals surface area (Å²) in [5.41, 5.74) is -0.304. The zero-order valence-electron chi connectivity index (χ0n) is 7.69. The van der Waals surface area contributed by atoms with Crippen molar-refractivity contribution < 1.29 is 19.4 Å². The molecule has 0 spiro atoms. The third-order valence-corrected chi connectivity index (χ3v) is 2.04. The SMILES string of the molecule is O=C(NC1COC1)c1nc[nH]c1C(=O)O. The Balaban J connectivity index is 2.10. The number of imidazole rings is 1. The molecular formula is C8H9N3O4. The van der Waals surface area contributed by atoms with Crippen molar-refractivity contribution in [2.75, 3.05) is 13.2 Å². The van der Waals surface area contributed by atoms with E-state index in [1.807, 2.05) is 0 Å². The second kappa shape index (κ2) is 3.70. The molecule has 1 aromatic heterocycles. The summed E-state index contributed by atoms with van der Waals surface area (Å²) >= 11 is 0. The fourth-order valence-electron chi connectivity index (χ4n) is 1.20. The number of H-pyrrole nitrogens is 1. The number of ether oxygens (including phenoxy) is 1. The summed E-state index contributed by atoms with van der Waals surface area (Å²) in [6, 6.07) is -0.0455. The number of aromatic carboxylic acids is 1. The Labute approximate surface area is 84.5 Å². The topological polar surface area (TPSA) is 104 Å². The third kappa shape index (κ3) is 1.82.